The molecule has 0 spiro atoms. The van der Waals surface area contributed by atoms with Gasteiger partial charge >= 0.3 is 6.01 Å². The number of anilines is 1. The minimum absolute atomic E-state index is 0.0802. The van der Waals surface area contributed by atoms with Gasteiger partial charge in [-0.05, 0) is 12.5 Å². The maximum absolute atomic E-state index is 11.9. The van der Waals surface area contributed by atoms with E-state index in [1.54, 1.807) is 0 Å². The van der Waals surface area contributed by atoms with Crippen LogP contribution in [0.25, 0.3) is 11.6 Å². The molecule has 3 rings (SSSR count). The van der Waals surface area contributed by atoms with Crippen molar-refractivity contribution >= 4 is 23.3 Å². The van der Waals surface area contributed by atoms with Crippen LogP contribution in [-0.2, 0) is 11.2 Å². The van der Waals surface area contributed by atoms with Crippen LogP contribution in [0.1, 0.15) is 10.6 Å². The predicted molar refractivity (Wildman–Crippen MR) is 78.9 cm³/mol. The number of thiazole rings is 1. The number of nitrogens with one attached hydrogen (secondary N) is 1. The van der Waals surface area contributed by atoms with Crippen molar-refractivity contribution in [2.24, 2.45) is 0 Å². The molecule has 0 unspecified atom stereocenters. The molecule has 106 valence electrons. The molecule has 2 heterocycles. The number of aryl methyl sites for hydroxylation is 1. The maximum Gasteiger partial charge on any atom is 0.322 e. The van der Waals surface area contributed by atoms with E-state index in [1.165, 1.54) is 11.3 Å². The lowest BCUT2D eigenvalue weighted by molar-refractivity contribution is -0.115. The van der Waals surface area contributed by atoms with Gasteiger partial charge in [0.15, 0.2) is 0 Å². The summed E-state index contributed by atoms with van der Waals surface area (Å²) in [4.78, 5) is 16.1. The molecular weight excluding hydrogens is 288 g/mol. The van der Waals surface area contributed by atoms with E-state index in [4.69, 9.17) is 4.42 Å². The fraction of sp³-hybridized carbons (Fsp3) is 0.143. The second-order valence-electron chi connectivity index (χ2n) is 4.37. The third kappa shape index (κ3) is 3.32. The van der Waals surface area contributed by atoms with Gasteiger partial charge in [-0.1, -0.05) is 35.4 Å². The molecule has 1 amide bonds. The second-order valence-corrected chi connectivity index (χ2v) is 5.44. The van der Waals surface area contributed by atoms with Crippen LogP contribution in [-0.4, -0.2) is 21.1 Å². The summed E-state index contributed by atoms with van der Waals surface area (Å²) < 4.78 is 5.38. The number of amides is 1. The molecule has 7 heteroatoms. The first-order chi connectivity index (χ1) is 10.2. The predicted octanol–water partition coefficient (Wildman–Crippen LogP) is 2.68. The Morgan fingerprint density at radius 1 is 1.29 bits per heavy atom. The van der Waals surface area contributed by atoms with Crippen LogP contribution >= 0.6 is 11.3 Å². The van der Waals surface area contributed by atoms with Crippen LogP contribution in [0.15, 0.2) is 40.1 Å². The number of carbonyl (C=O) groups is 1. The van der Waals surface area contributed by atoms with E-state index in [1.807, 2.05) is 42.6 Å². The highest BCUT2D eigenvalue weighted by molar-refractivity contribution is 7.09. The summed E-state index contributed by atoms with van der Waals surface area (Å²) in [5.41, 5.74) is 1.54. The number of rotatable bonds is 4. The molecule has 3 aromatic rings. The summed E-state index contributed by atoms with van der Waals surface area (Å²) >= 11 is 1.50. The van der Waals surface area contributed by atoms with Crippen molar-refractivity contribution in [2.75, 3.05) is 5.32 Å². The Morgan fingerprint density at radius 2 is 2.10 bits per heavy atom. The maximum atomic E-state index is 11.9. The normalized spacial score (nSPS) is 10.5. The summed E-state index contributed by atoms with van der Waals surface area (Å²) in [6.45, 7) is 1.90. The Bertz CT molecular complexity index is 751. The molecule has 0 aliphatic rings. The van der Waals surface area contributed by atoms with Gasteiger partial charge in [-0.15, -0.1) is 16.4 Å². The average Bonchev–Trinajstić information content (AvgIpc) is 3.09. The molecular formula is C14H12N4O2S. The van der Waals surface area contributed by atoms with Gasteiger partial charge in [-0.2, -0.15) is 0 Å². The molecule has 0 fully saturated rings. The Labute approximate surface area is 124 Å². The third-order valence-electron chi connectivity index (χ3n) is 2.72. The van der Waals surface area contributed by atoms with E-state index >= 15 is 0 Å². The zero-order valence-electron chi connectivity index (χ0n) is 11.2. The van der Waals surface area contributed by atoms with Gasteiger partial charge in [0, 0.05) is 5.38 Å². The Hall–Kier alpha value is -2.54. The van der Waals surface area contributed by atoms with Crippen molar-refractivity contribution in [3.8, 4) is 11.6 Å². The van der Waals surface area contributed by atoms with E-state index in [-0.39, 0.29) is 18.3 Å². The molecule has 0 saturated heterocycles. The first-order valence-electron chi connectivity index (χ1n) is 6.30. The SMILES string of the molecule is Cc1nc(-c2nnc(NC(=O)Cc3ccccc3)o2)cs1. The van der Waals surface area contributed by atoms with E-state index in [2.05, 4.69) is 20.5 Å². The Morgan fingerprint density at radius 3 is 2.81 bits per heavy atom. The number of nitrogens with zero attached hydrogens (tertiary/aromatic N) is 3. The standard InChI is InChI=1S/C14H12N4O2S/c1-9-15-11(8-21-9)13-17-18-14(20-13)16-12(19)7-10-5-3-2-4-6-10/h2-6,8H,7H2,1H3,(H,16,18,19). The molecule has 2 aromatic heterocycles. The lowest BCUT2D eigenvalue weighted by Crippen LogP contribution is -2.14. The Kier molecular flexibility index (Phi) is 3.74. The third-order valence-corrected chi connectivity index (χ3v) is 3.49. The molecule has 1 N–H and O–H groups in total. The van der Waals surface area contributed by atoms with Crippen molar-refractivity contribution < 1.29 is 9.21 Å². The fourth-order valence-electron chi connectivity index (χ4n) is 1.78. The molecule has 0 radical (unpaired) electrons. The summed E-state index contributed by atoms with van der Waals surface area (Å²) in [6, 6.07) is 9.53. The Balaban J connectivity index is 1.66. The molecule has 6 nitrogen and oxygen atoms in total. The van der Waals surface area contributed by atoms with Gasteiger partial charge in [0.25, 0.3) is 5.89 Å². The number of hydrogen-bond acceptors (Lipinski definition) is 6. The van der Waals surface area contributed by atoms with Crippen molar-refractivity contribution in [3.63, 3.8) is 0 Å². The van der Waals surface area contributed by atoms with Gasteiger partial charge in [-0.3, -0.25) is 10.1 Å². The monoisotopic (exact) mass is 300 g/mol. The second kappa shape index (κ2) is 5.84. The minimum atomic E-state index is -0.203. The van der Waals surface area contributed by atoms with E-state index in [0.29, 0.717) is 11.6 Å². The largest absolute Gasteiger partial charge is 0.401 e. The van der Waals surface area contributed by atoms with Crippen LogP contribution in [0.2, 0.25) is 0 Å². The number of benzene rings is 1. The summed E-state index contributed by atoms with van der Waals surface area (Å²) in [5.74, 6) is 0.0974. The smallest absolute Gasteiger partial charge is 0.322 e. The minimum Gasteiger partial charge on any atom is -0.401 e. The molecule has 21 heavy (non-hydrogen) atoms. The highest BCUT2D eigenvalue weighted by Gasteiger charge is 2.13. The van der Waals surface area contributed by atoms with Gasteiger partial charge in [0.05, 0.1) is 11.4 Å². The molecule has 0 atom stereocenters. The zero-order valence-corrected chi connectivity index (χ0v) is 12.1. The number of carbonyl (C=O) groups excluding carboxylic acids is 1. The van der Waals surface area contributed by atoms with Gasteiger partial charge < -0.3 is 4.42 Å². The van der Waals surface area contributed by atoms with E-state index in [0.717, 1.165) is 10.6 Å². The zero-order chi connectivity index (χ0) is 14.7. The molecule has 1 aromatic carbocycles. The van der Waals surface area contributed by atoms with Crippen LogP contribution in [0, 0.1) is 6.92 Å². The van der Waals surface area contributed by atoms with Crippen molar-refractivity contribution in [2.45, 2.75) is 13.3 Å². The number of hydrogen-bond donors (Lipinski definition) is 1. The first-order valence-corrected chi connectivity index (χ1v) is 7.18. The summed E-state index contributed by atoms with van der Waals surface area (Å²) in [7, 11) is 0. The topological polar surface area (TPSA) is 80.9 Å². The average molecular weight is 300 g/mol. The van der Waals surface area contributed by atoms with Crippen molar-refractivity contribution in [1.29, 1.82) is 0 Å². The van der Waals surface area contributed by atoms with E-state index in [9.17, 15) is 4.79 Å². The van der Waals surface area contributed by atoms with Gasteiger partial charge in [0.1, 0.15) is 5.69 Å². The van der Waals surface area contributed by atoms with Gasteiger partial charge in [0.2, 0.25) is 5.91 Å². The molecule has 0 saturated carbocycles. The lowest BCUT2D eigenvalue weighted by Gasteiger charge is -2.00. The van der Waals surface area contributed by atoms with Gasteiger partial charge in [-0.25, -0.2) is 4.98 Å². The van der Waals surface area contributed by atoms with Crippen molar-refractivity contribution in [3.05, 3.63) is 46.3 Å². The van der Waals surface area contributed by atoms with Crippen molar-refractivity contribution in [1.82, 2.24) is 15.2 Å². The summed E-state index contributed by atoms with van der Waals surface area (Å²) in [6.07, 6.45) is 0.258. The molecule has 0 aliphatic heterocycles. The number of aromatic nitrogens is 3. The van der Waals surface area contributed by atoms with Crippen LogP contribution < -0.4 is 5.32 Å². The quantitative estimate of drug-likeness (QED) is 0.801. The molecule has 0 bridgehead atoms. The summed E-state index contributed by atoms with van der Waals surface area (Å²) in [5, 5.41) is 13.0. The molecule has 0 aliphatic carbocycles. The first kappa shape index (κ1) is 13.4. The fourth-order valence-corrected chi connectivity index (χ4v) is 2.37. The van der Waals surface area contributed by atoms with Crippen LogP contribution in [0.5, 0.6) is 0 Å². The van der Waals surface area contributed by atoms with Crippen LogP contribution in [0.4, 0.5) is 6.01 Å². The lowest BCUT2D eigenvalue weighted by atomic mass is 10.1. The van der Waals surface area contributed by atoms with Crippen LogP contribution in [0.3, 0.4) is 0 Å². The van der Waals surface area contributed by atoms with E-state index < -0.39 is 0 Å². The highest BCUT2D eigenvalue weighted by atomic mass is 32.1. The highest BCUT2D eigenvalue weighted by Crippen LogP contribution is 2.21.